The Morgan fingerprint density at radius 3 is 2.75 bits per heavy atom. The predicted octanol–water partition coefficient (Wildman–Crippen LogP) is 3.17. The number of cyclic esters (lactones) is 1. The van der Waals surface area contributed by atoms with Crippen molar-refractivity contribution < 1.29 is 14.3 Å². The Morgan fingerprint density at radius 2 is 1.95 bits per heavy atom. The summed E-state index contributed by atoms with van der Waals surface area (Å²) in [5.74, 6) is -0.335. The SMILES string of the molecule is CC(=O)c1cccc(N[C@@H]2OC(=O)c3ccccc32)c1. The summed E-state index contributed by atoms with van der Waals surface area (Å²) in [6.07, 6.45) is -0.513. The fourth-order valence-corrected chi connectivity index (χ4v) is 2.23. The lowest BCUT2D eigenvalue weighted by molar-refractivity contribution is 0.0437. The second-order valence-electron chi connectivity index (χ2n) is 4.65. The van der Waals surface area contributed by atoms with Crippen molar-refractivity contribution in [2.24, 2.45) is 0 Å². The van der Waals surface area contributed by atoms with Crippen LogP contribution < -0.4 is 5.32 Å². The highest BCUT2D eigenvalue weighted by atomic mass is 16.6. The lowest BCUT2D eigenvalue weighted by atomic mass is 10.1. The molecule has 0 unspecified atom stereocenters. The minimum atomic E-state index is -0.513. The number of rotatable bonds is 3. The first-order valence-corrected chi connectivity index (χ1v) is 6.32. The molecule has 1 N–H and O–H groups in total. The summed E-state index contributed by atoms with van der Waals surface area (Å²) in [7, 11) is 0. The van der Waals surface area contributed by atoms with E-state index < -0.39 is 6.23 Å². The number of hydrogen-bond donors (Lipinski definition) is 1. The number of nitrogens with one attached hydrogen (secondary N) is 1. The van der Waals surface area contributed by atoms with Crippen molar-refractivity contribution in [3.8, 4) is 0 Å². The van der Waals surface area contributed by atoms with Crippen LogP contribution >= 0.6 is 0 Å². The number of ether oxygens (including phenoxy) is 1. The molecule has 3 rings (SSSR count). The number of benzene rings is 2. The Kier molecular flexibility index (Phi) is 2.99. The zero-order valence-electron chi connectivity index (χ0n) is 10.9. The van der Waals surface area contributed by atoms with Crippen LogP contribution in [0.3, 0.4) is 0 Å². The van der Waals surface area contributed by atoms with Crippen molar-refractivity contribution in [3.63, 3.8) is 0 Å². The summed E-state index contributed by atoms with van der Waals surface area (Å²) in [5.41, 5.74) is 2.75. The molecular formula is C16H13NO3. The van der Waals surface area contributed by atoms with E-state index in [0.29, 0.717) is 11.1 Å². The van der Waals surface area contributed by atoms with Crippen LogP contribution in [0.4, 0.5) is 5.69 Å². The number of fused-ring (bicyclic) bond motifs is 1. The highest BCUT2D eigenvalue weighted by molar-refractivity contribution is 5.95. The van der Waals surface area contributed by atoms with Gasteiger partial charge in [0.25, 0.3) is 0 Å². The molecule has 1 aliphatic rings. The molecule has 20 heavy (non-hydrogen) atoms. The Hall–Kier alpha value is -2.62. The third-order valence-electron chi connectivity index (χ3n) is 3.25. The fourth-order valence-electron chi connectivity index (χ4n) is 2.23. The molecule has 0 fully saturated rings. The van der Waals surface area contributed by atoms with E-state index in [1.165, 1.54) is 6.92 Å². The molecule has 1 atom stereocenters. The minimum absolute atomic E-state index is 0.00235. The van der Waals surface area contributed by atoms with Gasteiger partial charge in [0.15, 0.2) is 5.78 Å². The summed E-state index contributed by atoms with van der Waals surface area (Å²) >= 11 is 0. The molecule has 0 radical (unpaired) electrons. The number of hydrogen-bond acceptors (Lipinski definition) is 4. The summed E-state index contributed by atoms with van der Waals surface area (Å²) in [4.78, 5) is 23.1. The molecule has 0 spiro atoms. The largest absolute Gasteiger partial charge is 0.434 e. The van der Waals surface area contributed by atoms with Crippen LogP contribution in [-0.2, 0) is 4.74 Å². The number of carbonyl (C=O) groups excluding carboxylic acids is 2. The van der Waals surface area contributed by atoms with Crippen molar-refractivity contribution in [1.29, 1.82) is 0 Å². The van der Waals surface area contributed by atoms with E-state index in [1.54, 1.807) is 30.3 Å². The van der Waals surface area contributed by atoms with Gasteiger partial charge in [-0.15, -0.1) is 0 Å². The number of ketones is 1. The Labute approximate surface area is 116 Å². The van der Waals surface area contributed by atoms with Gasteiger partial charge < -0.3 is 10.1 Å². The second kappa shape index (κ2) is 4.81. The molecule has 0 saturated carbocycles. The Bertz CT molecular complexity index is 694. The molecule has 100 valence electrons. The van der Waals surface area contributed by atoms with Gasteiger partial charge in [-0.05, 0) is 25.1 Å². The number of carbonyl (C=O) groups is 2. The average molecular weight is 267 g/mol. The van der Waals surface area contributed by atoms with E-state index in [9.17, 15) is 9.59 Å². The maximum atomic E-state index is 11.7. The van der Waals surface area contributed by atoms with Gasteiger partial charge in [0.1, 0.15) is 0 Å². The van der Waals surface area contributed by atoms with Gasteiger partial charge >= 0.3 is 5.97 Å². The lowest BCUT2D eigenvalue weighted by Crippen LogP contribution is -2.10. The molecule has 2 aromatic carbocycles. The van der Waals surface area contributed by atoms with E-state index in [0.717, 1.165) is 11.3 Å². The molecule has 0 aromatic heterocycles. The van der Waals surface area contributed by atoms with Crippen molar-refractivity contribution in [1.82, 2.24) is 0 Å². The molecule has 0 amide bonds. The third kappa shape index (κ3) is 2.16. The van der Waals surface area contributed by atoms with Crippen LogP contribution in [0.1, 0.15) is 39.4 Å². The van der Waals surface area contributed by atoms with Crippen molar-refractivity contribution >= 4 is 17.4 Å². The molecule has 0 aliphatic carbocycles. The number of esters is 1. The quantitative estimate of drug-likeness (QED) is 0.685. The normalized spacial score (nSPS) is 16.4. The van der Waals surface area contributed by atoms with E-state index in [4.69, 9.17) is 4.74 Å². The summed E-state index contributed by atoms with van der Waals surface area (Å²) in [5, 5.41) is 3.13. The van der Waals surface area contributed by atoms with Gasteiger partial charge in [-0.1, -0.05) is 30.3 Å². The van der Waals surface area contributed by atoms with Crippen LogP contribution in [0.2, 0.25) is 0 Å². The zero-order chi connectivity index (χ0) is 14.1. The standard InChI is InChI=1S/C16H13NO3/c1-10(18)11-5-4-6-12(9-11)17-15-13-7-2-3-8-14(13)16(19)20-15/h2-9,15,17H,1H3/t15-/m1/s1. The third-order valence-corrected chi connectivity index (χ3v) is 3.25. The summed E-state index contributed by atoms with van der Waals surface area (Å²) in [6.45, 7) is 1.52. The van der Waals surface area contributed by atoms with Crippen LogP contribution in [0, 0.1) is 0 Å². The van der Waals surface area contributed by atoms with Crippen LogP contribution in [0.5, 0.6) is 0 Å². The van der Waals surface area contributed by atoms with Crippen molar-refractivity contribution in [2.45, 2.75) is 13.2 Å². The zero-order valence-corrected chi connectivity index (χ0v) is 10.9. The first-order chi connectivity index (χ1) is 9.65. The summed E-state index contributed by atoms with van der Waals surface area (Å²) < 4.78 is 5.30. The Morgan fingerprint density at radius 1 is 1.15 bits per heavy atom. The van der Waals surface area contributed by atoms with E-state index >= 15 is 0 Å². The molecule has 2 aromatic rings. The van der Waals surface area contributed by atoms with E-state index in [-0.39, 0.29) is 11.8 Å². The van der Waals surface area contributed by atoms with Gasteiger partial charge in [0.05, 0.1) is 5.56 Å². The molecule has 4 nitrogen and oxygen atoms in total. The highest BCUT2D eigenvalue weighted by Crippen LogP contribution is 2.31. The lowest BCUT2D eigenvalue weighted by Gasteiger charge is -2.14. The molecule has 0 saturated heterocycles. The van der Waals surface area contributed by atoms with E-state index in [2.05, 4.69) is 5.32 Å². The molecule has 4 heteroatoms. The first kappa shape index (κ1) is 12.4. The molecule has 1 heterocycles. The molecule has 1 aliphatic heterocycles. The Balaban J connectivity index is 1.88. The minimum Gasteiger partial charge on any atom is -0.434 e. The van der Waals surface area contributed by atoms with Crippen LogP contribution in [-0.4, -0.2) is 11.8 Å². The van der Waals surface area contributed by atoms with Gasteiger partial charge in [-0.3, -0.25) is 4.79 Å². The van der Waals surface area contributed by atoms with Crippen LogP contribution in [0.15, 0.2) is 48.5 Å². The van der Waals surface area contributed by atoms with Crippen LogP contribution in [0.25, 0.3) is 0 Å². The van der Waals surface area contributed by atoms with E-state index in [1.807, 2.05) is 18.2 Å². The smallest absolute Gasteiger partial charge is 0.340 e. The number of anilines is 1. The van der Waals surface area contributed by atoms with Crippen molar-refractivity contribution in [3.05, 3.63) is 65.2 Å². The highest BCUT2D eigenvalue weighted by Gasteiger charge is 2.30. The van der Waals surface area contributed by atoms with Gasteiger partial charge in [-0.2, -0.15) is 0 Å². The monoisotopic (exact) mass is 267 g/mol. The molecular weight excluding hydrogens is 254 g/mol. The second-order valence-corrected chi connectivity index (χ2v) is 4.65. The fraction of sp³-hybridized carbons (Fsp3) is 0.125. The summed E-state index contributed by atoms with van der Waals surface area (Å²) in [6, 6.07) is 14.4. The van der Waals surface area contributed by atoms with Gasteiger partial charge in [0.2, 0.25) is 6.23 Å². The topological polar surface area (TPSA) is 55.4 Å². The number of Topliss-reactive ketones (excluding diaryl/α,β-unsaturated/α-hetero) is 1. The first-order valence-electron chi connectivity index (χ1n) is 6.32. The average Bonchev–Trinajstić information content (AvgIpc) is 2.76. The van der Waals surface area contributed by atoms with Gasteiger partial charge in [0, 0.05) is 16.8 Å². The maximum Gasteiger partial charge on any atom is 0.340 e. The predicted molar refractivity (Wildman–Crippen MR) is 74.7 cm³/mol. The maximum absolute atomic E-state index is 11.7. The molecule has 0 bridgehead atoms. The van der Waals surface area contributed by atoms with Crippen molar-refractivity contribution in [2.75, 3.05) is 5.32 Å². The van der Waals surface area contributed by atoms with Gasteiger partial charge in [-0.25, -0.2) is 4.79 Å².